The number of hydrogen-bond acceptors (Lipinski definition) is 4. The van der Waals surface area contributed by atoms with Gasteiger partial charge in [-0.15, -0.1) is 0 Å². The Morgan fingerprint density at radius 2 is 1.59 bits per heavy atom. The summed E-state index contributed by atoms with van der Waals surface area (Å²) in [5.74, 6) is -1.83. The van der Waals surface area contributed by atoms with Crippen LogP contribution in [0.5, 0.6) is 0 Å². The standard InChI is InChI=1S/C14H20F2N2O3S/c1-14(2,19)10-17-3-5-18(6-4-17)22(20,21)13-8-11(15)7-12(16)9-13/h7-9,19H,3-6,10H2,1-2H3. The van der Waals surface area contributed by atoms with Gasteiger partial charge in [0.05, 0.1) is 10.5 Å². The van der Waals surface area contributed by atoms with Crippen LogP contribution in [0.4, 0.5) is 8.78 Å². The predicted octanol–water partition coefficient (Wildman–Crippen LogP) is 1.04. The fourth-order valence-electron chi connectivity index (χ4n) is 2.50. The van der Waals surface area contributed by atoms with Gasteiger partial charge < -0.3 is 5.11 Å². The van der Waals surface area contributed by atoms with E-state index in [1.807, 2.05) is 4.90 Å². The SMILES string of the molecule is CC(C)(O)CN1CCN(S(=O)(=O)c2cc(F)cc(F)c2)CC1. The molecule has 8 heteroatoms. The van der Waals surface area contributed by atoms with Crippen molar-refractivity contribution < 1.29 is 22.3 Å². The molecule has 0 bridgehead atoms. The number of rotatable bonds is 4. The molecule has 0 saturated carbocycles. The van der Waals surface area contributed by atoms with Gasteiger partial charge in [-0.1, -0.05) is 0 Å². The van der Waals surface area contributed by atoms with E-state index in [9.17, 15) is 22.3 Å². The van der Waals surface area contributed by atoms with E-state index in [2.05, 4.69) is 0 Å². The molecule has 1 heterocycles. The molecule has 1 aromatic rings. The van der Waals surface area contributed by atoms with Gasteiger partial charge in [0.15, 0.2) is 0 Å². The highest BCUT2D eigenvalue weighted by Gasteiger charge is 2.30. The van der Waals surface area contributed by atoms with E-state index in [1.165, 1.54) is 4.31 Å². The van der Waals surface area contributed by atoms with E-state index in [-0.39, 0.29) is 18.0 Å². The first-order valence-electron chi connectivity index (χ1n) is 6.99. The second-order valence-electron chi connectivity index (χ2n) is 6.10. The molecule has 0 unspecified atom stereocenters. The summed E-state index contributed by atoms with van der Waals surface area (Å²) >= 11 is 0. The average molecular weight is 334 g/mol. The Kier molecular flexibility index (Phi) is 4.86. The molecule has 0 aliphatic carbocycles. The van der Waals surface area contributed by atoms with Gasteiger partial charge in [0, 0.05) is 38.8 Å². The van der Waals surface area contributed by atoms with Crippen LogP contribution in [0.2, 0.25) is 0 Å². The van der Waals surface area contributed by atoms with Gasteiger partial charge in [0.25, 0.3) is 0 Å². The number of benzene rings is 1. The van der Waals surface area contributed by atoms with Crippen molar-refractivity contribution in [3.05, 3.63) is 29.8 Å². The third-order valence-electron chi connectivity index (χ3n) is 3.42. The van der Waals surface area contributed by atoms with Crippen molar-refractivity contribution in [1.82, 2.24) is 9.21 Å². The summed E-state index contributed by atoms with van der Waals surface area (Å²) in [7, 11) is -3.91. The van der Waals surface area contributed by atoms with E-state index in [0.29, 0.717) is 25.7 Å². The highest BCUT2D eigenvalue weighted by Crippen LogP contribution is 2.20. The van der Waals surface area contributed by atoms with Gasteiger partial charge in [-0.3, -0.25) is 4.90 Å². The second-order valence-corrected chi connectivity index (χ2v) is 8.04. The third-order valence-corrected chi connectivity index (χ3v) is 5.29. The highest BCUT2D eigenvalue weighted by molar-refractivity contribution is 7.89. The quantitative estimate of drug-likeness (QED) is 0.894. The molecule has 1 N–H and O–H groups in total. The Hall–Kier alpha value is -1.09. The maximum atomic E-state index is 13.2. The topological polar surface area (TPSA) is 60.9 Å². The van der Waals surface area contributed by atoms with Crippen LogP contribution in [-0.4, -0.2) is 61.1 Å². The van der Waals surface area contributed by atoms with E-state index in [4.69, 9.17) is 0 Å². The summed E-state index contributed by atoms with van der Waals surface area (Å²) in [6.07, 6.45) is 0. The van der Waals surface area contributed by atoms with Gasteiger partial charge in [-0.2, -0.15) is 4.31 Å². The summed E-state index contributed by atoms with van der Waals surface area (Å²) in [4.78, 5) is 1.58. The third kappa shape index (κ3) is 4.22. The number of halogens is 2. The minimum atomic E-state index is -3.91. The van der Waals surface area contributed by atoms with E-state index in [0.717, 1.165) is 12.1 Å². The predicted molar refractivity (Wildman–Crippen MR) is 77.9 cm³/mol. The van der Waals surface area contributed by atoms with Crippen LogP contribution < -0.4 is 0 Å². The molecule has 1 aliphatic rings. The zero-order valence-electron chi connectivity index (χ0n) is 12.6. The lowest BCUT2D eigenvalue weighted by Crippen LogP contribution is -2.51. The number of β-amino-alcohol motifs (C(OH)–C–C–N with tert-alkyl or cyclic N) is 1. The van der Waals surface area contributed by atoms with Crippen LogP contribution >= 0.6 is 0 Å². The molecule has 1 aromatic carbocycles. The molecule has 0 atom stereocenters. The highest BCUT2D eigenvalue weighted by atomic mass is 32.2. The molecule has 124 valence electrons. The molecule has 22 heavy (non-hydrogen) atoms. The fourth-order valence-corrected chi connectivity index (χ4v) is 3.97. The van der Waals surface area contributed by atoms with Crippen molar-refractivity contribution in [3.63, 3.8) is 0 Å². The Labute approximate surface area is 129 Å². The monoisotopic (exact) mass is 334 g/mol. The summed E-state index contributed by atoms with van der Waals surface area (Å²) < 4.78 is 52.5. The summed E-state index contributed by atoms with van der Waals surface area (Å²) in [6, 6.07) is 2.28. The van der Waals surface area contributed by atoms with Gasteiger partial charge in [-0.05, 0) is 26.0 Å². The lowest BCUT2D eigenvalue weighted by Gasteiger charge is -2.36. The fraction of sp³-hybridized carbons (Fsp3) is 0.571. The Morgan fingerprint density at radius 3 is 2.05 bits per heavy atom. The molecule has 1 saturated heterocycles. The largest absolute Gasteiger partial charge is 0.389 e. The molecule has 0 aromatic heterocycles. The molecular formula is C14H20F2N2O3S. The second kappa shape index (κ2) is 6.19. The smallest absolute Gasteiger partial charge is 0.243 e. The molecule has 0 spiro atoms. The number of sulfonamides is 1. The van der Waals surface area contributed by atoms with Crippen molar-refractivity contribution in [1.29, 1.82) is 0 Å². The van der Waals surface area contributed by atoms with Crippen molar-refractivity contribution in [2.24, 2.45) is 0 Å². The van der Waals surface area contributed by atoms with Gasteiger partial charge in [0.2, 0.25) is 10.0 Å². The maximum Gasteiger partial charge on any atom is 0.243 e. The minimum Gasteiger partial charge on any atom is -0.389 e. The van der Waals surface area contributed by atoms with E-state index >= 15 is 0 Å². The summed E-state index contributed by atoms with van der Waals surface area (Å²) in [6.45, 7) is 5.17. The number of hydrogen-bond donors (Lipinski definition) is 1. The molecule has 0 amide bonds. The van der Waals surface area contributed by atoms with E-state index < -0.39 is 27.3 Å². The van der Waals surface area contributed by atoms with Crippen LogP contribution in [-0.2, 0) is 10.0 Å². The van der Waals surface area contributed by atoms with Gasteiger partial charge in [0.1, 0.15) is 11.6 Å². The first kappa shape index (κ1) is 17.3. The number of nitrogens with zero attached hydrogens (tertiary/aromatic N) is 2. The van der Waals surface area contributed by atoms with Crippen LogP contribution in [0, 0.1) is 11.6 Å². The van der Waals surface area contributed by atoms with Crippen LogP contribution in [0.15, 0.2) is 23.1 Å². The molecule has 0 radical (unpaired) electrons. The van der Waals surface area contributed by atoms with E-state index in [1.54, 1.807) is 13.8 Å². The first-order chi connectivity index (χ1) is 10.1. The lowest BCUT2D eigenvalue weighted by atomic mass is 10.1. The Balaban J connectivity index is 2.09. The number of aliphatic hydroxyl groups is 1. The van der Waals surface area contributed by atoms with Gasteiger partial charge >= 0.3 is 0 Å². The van der Waals surface area contributed by atoms with Crippen molar-refractivity contribution in [3.8, 4) is 0 Å². The van der Waals surface area contributed by atoms with Crippen LogP contribution in [0.25, 0.3) is 0 Å². The average Bonchev–Trinajstić information content (AvgIpc) is 2.36. The van der Waals surface area contributed by atoms with Crippen LogP contribution in [0.3, 0.4) is 0 Å². The normalized spacial score (nSPS) is 18.6. The van der Waals surface area contributed by atoms with Crippen molar-refractivity contribution in [2.45, 2.75) is 24.3 Å². The van der Waals surface area contributed by atoms with Crippen LogP contribution in [0.1, 0.15) is 13.8 Å². The maximum absolute atomic E-state index is 13.2. The molecule has 2 rings (SSSR count). The summed E-state index contributed by atoms with van der Waals surface area (Å²) in [5, 5.41) is 9.78. The first-order valence-corrected chi connectivity index (χ1v) is 8.43. The Bertz CT molecular complexity index is 616. The minimum absolute atomic E-state index is 0.219. The zero-order valence-corrected chi connectivity index (χ0v) is 13.4. The van der Waals surface area contributed by atoms with Crippen molar-refractivity contribution >= 4 is 10.0 Å². The number of piperazine rings is 1. The zero-order chi connectivity index (χ0) is 16.5. The summed E-state index contributed by atoms with van der Waals surface area (Å²) in [5.41, 5.74) is -0.854. The van der Waals surface area contributed by atoms with Crippen molar-refractivity contribution in [2.75, 3.05) is 32.7 Å². The molecule has 5 nitrogen and oxygen atoms in total. The molecular weight excluding hydrogens is 314 g/mol. The van der Waals surface area contributed by atoms with Gasteiger partial charge in [-0.25, -0.2) is 17.2 Å². The molecule has 1 fully saturated rings. The Morgan fingerprint density at radius 1 is 1.09 bits per heavy atom. The molecule has 1 aliphatic heterocycles. The lowest BCUT2D eigenvalue weighted by molar-refractivity contribution is 0.0263.